The van der Waals surface area contributed by atoms with Gasteiger partial charge in [-0.25, -0.2) is 8.42 Å². The summed E-state index contributed by atoms with van der Waals surface area (Å²) in [6.07, 6.45) is -0.393. The van der Waals surface area contributed by atoms with E-state index in [1.54, 1.807) is 37.5 Å². The van der Waals surface area contributed by atoms with E-state index in [0.717, 1.165) is 11.8 Å². The number of nitrogens with one attached hydrogen (secondary N) is 1. The highest BCUT2D eigenvalue weighted by atomic mass is 35.5. The molecule has 1 aliphatic rings. The Labute approximate surface area is 215 Å². The van der Waals surface area contributed by atoms with Crippen LogP contribution in [-0.2, 0) is 16.4 Å². The number of aromatic amines is 1. The van der Waals surface area contributed by atoms with E-state index in [1.807, 2.05) is 6.07 Å². The van der Waals surface area contributed by atoms with Gasteiger partial charge in [-0.1, -0.05) is 11.6 Å². The fourth-order valence-corrected chi connectivity index (χ4v) is 5.95. The normalized spacial score (nSPS) is 15.3. The Hall–Kier alpha value is -3.27. The van der Waals surface area contributed by atoms with E-state index in [1.165, 1.54) is 9.58 Å². The Morgan fingerprint density at radius 2 is 2.05 bits per heavy atom. The lowest BCUT2D eigenvalue weighted by molar-refractivity contribution is -0.162. The highest BCUT2D eigenvalue weighted by molar-refractivity contribution is 7.90. The fourth-order valence-electron chi connectivity index (χ4n) is 4.68. The van der Waals surface area contributed by atoms with Crippen LogP contribution in [0.2, 0.25) is 5.02 Å². The van der Waals surface area contributed by atoms with Gasteiger partial charge in [-0.05, 0) is 30.7 Å². The molecule has 1 saturated heterocycles. The van der Waals surface area contributed by atoms with Crippen LogP contribution in [0.1, 0.15) is 16.7 Å². The smallest absolute Gasteiger partial charge is 0.401 e. The van der Waals surface area contributed by atoms with Crippen LogP contribution in [0.5, 0.6) is 5.75 Å². The van der Waals surface area contributed by atoms with E-state index in [0.29, 0.717) is 32.4 Å². The van der Waals surface area contributed by atoms with Crippen molar-refractivity contribution in [3.8, 4) is 11.8 Å². The van der Waals surface area contributed by atoms with Crippen molar-refractivity contribution in [2.24, 2.45) is 0 Å². The van der Waals surface area contributed by atoms with Crippen molar-refractivity contribution in [1.82, 2.24) is 19.7 Å². The molecule has 2 aromatic carbocycles. The van der Waals surface area contributed by atoms with Crippen molar-refractivity contribution < 1.29 is 26.3 Å². The molecule has 0 atom stereocenters. The minimum absolute atomic E-state index is 0.0650. The number of rotatable bonds is 6. The number of likely N-dealkylation sites (tertiary alicyclic amines) is 1. The van der Waals surface area contributed by atoms with E-state index in [9.17, 15) is 26.9 Å². The molecule has 5 rings (SSSR count). The van der Waals surface area contributed by atoms with Gasteiger partial charge in [0.25, 0.3) is 0 Å². The van der Waals surface area contributed by atoms with Crippen LogP contribution in [0.3, 0.4) is 0 Å². The van der Waals surface area contributed by atoms with Gasteiger partial charge in [0.15, 0.2) is 15.6 Å². The van der Waals surface area contributed by atoms with E-state index in [2.05, 4.69) is 10.1 Å². The first-order valence-electron chi connectivity index (χ1n) is 11.2. The van der Waals surface area contributed by atoms with Crippen molar-refractivity contribution in [2.75, 3.05) is 25.9 Å². The molecule has 0 saturated carbocycles. The zero-order chi connectivity index (χ0) is 26.7. The van der Waals surface area contributed by atoms with Gasteiger partial charge in [0.05, 0.1) is 34.1 Å². The predicted molar refractivity (Wildman–Crippen MR) is 132 cm³/mol. The van der Waals surface area contributed by atoms with Crippen LogP contribution in [0.4, 0.5) is 13.2 Å². The second-order valence-electron chi connectivity index (χ2n) is 9.20. The summed E-state index contributed by atoms with van der Waals surface area (Å²) in [6, 6.07) is 6.88. The molecule has 194 valence electrons. The second kappa shape index (κ2) is 8.93. The number of fused-ring (bicyclic) bond motifs is 2. The molecule has 0 spiro atoms. The number of benzene rings is 2. The Morgan fingerprint density at radius 3 is 2.70 bits per heavy atom. The number of hydrogen-bond acceptors (Lipinski definition) is 6. The maximum atomic E-state index is 12.6. The lowest BCUT2D eigenvalue weighted by Gasteiger charge is -2.39. The van der Waals surface area contributed by atoms with Gasteiger partial charge in [0.2, 0.25) is 0 Å². The molecule has 0 radical (unpaired) electrons. The van der Waals surface area contributed by atoms with Crippen molar-refractivity contribution >= 4 is 43.2 Å². The van der Waals surface area contributed by atoms with Gasteiger partial charge in [-0.2, -0.15) is 23.5 Å². The number of aryl methyl sites for hydroxylation is 1. The third-order valence-corrected chi connectivity index (χ3v) is 7.76. The zero-order valence-electron chi connectivity index (χ0n) is 19.7. The molecule has 8 nitrogen and oxygen atoms in total. The Morgan fingerprint density at radius 1 is 1.32 bits per heavy atom. The molecule has 0 amide bonds. The first-order valence-corrected chi connectivity index (χ1v) is 13.5. The lowest BCUT2D eigenvalue weighted by Crippen LogP contribution is -2.56. The van der Waals surface area contributed by atoms with Crippen LogP contribution in [0.25, 0.3) is 21.8 Å². The summed E-state index contributed by atoms with van der Waals surface area (Å²) in [5.41, 5.74) is 2.47. The molecular formula is C24H21ClF3N5O3S. The first kappa shape index (κ1) is 25.4. The van der Waals surface area contributed by atoms with Crippen LogP contribution in [-0.4, -0.2) is 66.3 Å². The summed E-state index contributed by atoms with van der Waals surface area (Å²) in [7, 11) is -3.61. The largest absolute Gasteiger partial charge is 0.484 e. The topological polar surface area (TPSA) is 104 Å². The second-order valence-corrected chi connectivity index (χ2v) is 11.6. The summed E-state index contributed by atoms with van der Waals surface area (Å²) in [5, 5.41) is 15.8. The van der Waals surface area contributed by atoms with E-state index < -0.39 is 28.7 Å². The van der Waals surface area contributed by atoms with Gasteiger partial charge in [0, 0.05) is 48.1 Å². The molecule has 1 aliphatic heterocycles. The minimum atomic E-state index is -4.30. The van der Waals surface area contributed by atoms with Gasteiger partial charge in [0.1, 0.15) is 17.7 Å². The molecule has 3 heterocycles. The zero-order valence-corrected chi connectivity index (χ0v) is 21.3. The minimum Gasteiger partial charge on any atom is -0.484 e. The van der Waals surface area contributed by atoms with Gasteiger partial charge in [-0.15, -0.1) is 0 Å². The number of nitrogens with zero attached hydrogens (tertiary/aromatic N) is 4. The van der Waals surface area contributed by atoms with Crippen LogP contribution in [0, 0.1) is 18.3 Å². The summed E-state index contributed by atoms with van der Waals surface area (Å²) in [4.78, 5) is 4.42. The molecule has 0 aliphatic carbocycles. The summed E-state index contributed by atoms with van der Waals surface area (Å²) >= 11 is 6.43. The Kier molecular flexibility index (Phi) is 6.13. The SMILES string of the molecule is Cc1cc(S(C)(=O)=O)c(Cn2cc3ccc(C#N)c(OC4CN(CC(F)(F)F)C4)c3n2)c2c(Cl)c[nH]c12. The molecule has 0 bridgehead atoms. The average molecular weight is 552 g/mol. The van der Waals surface area contributed by atoms with Crippen molar-refractivity contribution in [3.05, 3.63) is 52.3 Å². The molecule has 1 N–H and O–H groups in total. The summed E-state index contributed by atoms with van der Waals surface area (Å²) < 4.78 is 70.6. The van der Waals surface area contributed by atoms with E-state index in [4.69, 9.17) is 16.3 Å². The number of sulfone groups is 1. The summed E-state index contributed by atoms with van der Waals surface area (Å²) in [6.45, 7) is 0.986. The average Bonchev–Trinajstić information content (AvgIpc) is 3.36. The molecule has 2 aromatic heterocycles. The van der Waals surface area contributed by atoms with E-state index >= 15 is 0 Å². The third-order valence-electron chi connectivity index (χ3n) is 6.30. The lowest BCUT2D eigenvalue weighted by atomic mass is 10.1. The number of alkyl halides is 3. The van der Waals surface area contributed by atoms with Gasteiger partial charge >= 0.3 is 6.18 Å². The molecule has 4 aromatic rings. The molecule has 1 fully saturated rings. The number of H-pyrrole nitrogens is 1. The highest BCUT2D eigenvalue weighted by Gasteiger charge is 2.38. The number of halogens is 4. The van der Waals surface area contributed by atoms with Crippen LogP contribution in [0.15, 0.2) is 35.5 Å². The van der Waals surface area contributed by atoms with Crippen molar-refractivity contribution in [1.29, 1.82) is 5.26 Å². The summed E-state index contributed by atoms with van der Waals surface area (Å²) in [5.74, 6) is 0.187. The predicted octanol–water partition coefficient (Wildman–Crippen LogP) is 4.43. The third kappa shape index (κ3) is 4.86. The quantitative estimate of drug-likeness (QED) is 0.380. The molecule has 13 heteroatoms. The standard InChI is InChI=1S/C24H21ClF3N5O3S/c1-13-5-19(37(2,34)35)17(20-18(25)7-30-21(13)20)11-33-8-15-4-3-14(6-29)23(22(15)31-33)36-16-9-32(10-16)12-24(26,27)28/h3-5,7-8,16,30H,9-12H2,1-2H3. The highest BCUT2D eigenvalue weighted by Crippen LogP contribution is 2.36. The molecular weight excluding hydrogens is 531 g/mol. The Balaban J connectivity index is 1.52. The number of ether oxygens (including phenoxy) is 1. The maximum absolute atomic E-state index is 12.6. The molecule has 37 heavy (non-hydrogen) atoms. The van der Waals surface area contributed by atoms with Crippen LogP contribution >= 0.6 is 11.6 Å². The van der Waals surface area contributed by atoms with Crippen molar-refractivity contribution in [3.63, 3.8) is 0 Å². The number of nitriles is 1. The van der Waals surface area contributed by atoms with Gasteiger partial charge < -0.3 is 9.72 Å². The maximum Gasteiger partial charge on any atom is 0.401 e. The number of hydrogen-bond donors (Lipinski definition) is 1. The first-order chi connectivity index (χ1) is 17.3. The Bertz CT molecular complexity index is 1680. The molecule has 0 unspecified atom stereocenters. The van der Waals surface area contributed by atoms with Crippen molar-refractivity contribution in [2.45, 2.75) is 30.6 Å². The monoisotopic (exact) mass is 551 g/mol. The number of aromatic nitrogens is 3. The fraction of sp³-hybridized carbons (Fsp3) is 0.333. The van der Waals surface area contributed by atoms with Gasteiger partial charge in [-0.3, -0.25) is 9.58 Å². The van der Waals surface area contributed by atoms with Crippen LogP contribution < -0.4 is 4.74 Å². The van der Waals surface area contributed by atoms with E-state index in [-0.39, 0.29) is 35.8 Å².